The average molecular weight is 530 g/mol. The molecule has 2 atom stereocenters. The van der Waals surface area contributed by atoms with Crippen LogP contribution in [0.15, 0.2) is 48.5 Å². The third-order valence-corrected chi connectivity index (χ3v) is 7.80. The number of carbonyl (C=O) groups excluding carboxylic acids is 2. The molecule has 2 amide bonds. The minimum atomic E-state index is -3.52. The number of aryl methyl sites for hydroxylation is 2. The van der Waals surface area contributed by atoms with E-state index in [-0.39, 0.29) is 30.8 Å². The van der Waals surface area contributed by atoms with Crippen molar-refractivity contribution in [1.82, 2.24) is 10.2 Å². The second-order valence-electron chi connectivity index (χ2n) is 9.71. The number of amides is 2. The van der Waals surface area contributed by atoms with Crippen LogP contribution in [0.1, 0.15) is 70.1 Å². The van der Waals surface area contributed by atoms with E-state index >= 15 is 0 Å². The van der Waals surface area contributed by atoms with Crippen molar-refractivity contribution in [2.45, 2.75) is 85.4 Å². The molecule has 0 aliphatic heterocycles. The lowest BCUT2D eigenvalue weighted by molar-refractivity contribution is -0.141. The normalized spacial score (nSPS) is 13.0. The van der Waals surface area contributed by atoms with Crippen LogP contribution in [0.25, 0.3) is 0 Å². The van der Waals surface area contributed by atoms with Crippen molar-refractivity contribution in [2.24, 2.45) is 0 Å². The van der Waals surface area contributed by atoms with Gasteiger partial charge < -0.3 is 10.2 Å². The van der Waals surface area contributed by atoms with Crippen molar-refractivity contribution in [3.8, 4) is 0 Å². The van der Waals surface area contributed by atoms with Crippen LogP contribution in [0.5, 0.6) is 0 Å². The molecule has 2 aromatic carbocycles. The Balaban J connectivity index is 2.22. The summed E-state index contributed by atoms with van der Waals surface area (Å²) in [5, 5.41) is 3.02. The molecule has 2 aromatic rings. The van der Waals surface area contributed by atoms with Gasteiger partial charge in [0.1, 0.15) is 6.04 Å². The summed E-state index contributed by atoms with van der Waals surface area (Å²) in [7, 11) is -3.52. The maximum Gasteiger partial charge on any atom is 0.243 e. The molecule has 0 aliphatic rings. The molecular formula is C29H43N3O4S. The van der Waals surface area contributed by atoms with Gasteiger partial charge in [0.15, 0.2) is 0 Å². The zero-order valence-electron chi connectivity index (χ0n) is 23.2. The van der Waals surface area contributed by atoms with Crippen LogP contribution in [0.3, 0.4) is 0 Å². The third-order valence-electron chi connectivity index (χ3n) is 6.61. The Hall–Kier alpha value is -2.87. The molecule has 0 bridgehead atoms. The van der Waals surface area contributed by atoms with E-state index in [9.17, 15) is 18.0 Å². The Kier molecular flexibility index (Phi) is 11.6. The Morgan fingerprint density at radius 1 is 0.973 bits per heavy atom. The van der Waals surface area contributed by atoms with Gasteiger partial charge in [0.2, 0.25) is 21.8 Å². The minimum Gasteiger partial charge on any atom is -0.352 e. The van der Waals surface area contributed by atoms with Crippen molar-refractivity contribution >= 4 is 27.5 Å². The summed E-state index contributed by atoms with van der Waals surface area (Å²) in [5.41, 5.74) is 3.75. The Bertz CT molecular complexity index is 1130. The maximum atomic E-state index is 13.5. The number of hydrogen-bond acceptors (Lipinski definition) is 4. The molecule has 0 saturated carbocycles. The van der Waals surface area contributed by atoms with Crippen LogP contribution < -0.4 is 9.62 Å². The largest absolute Gasteiger partial charge is 0.352 e. The molecule has 204 valence electrons. The van der Waals surface area contributed by atoms with Gasteiger partial charge in [-0.2, -0.15) is 0 Å². The van der Waals surface area contributed by atoms with E-state index in [1.165, 1.54) is 10.6 Å². The summed E-state index contributed by atoms with van der Waals surface area (Å²) in [6.07, 6.45) is 3.81. The molecular weight excluding hydrogens is 486 g/mol. The monoisotopic (exact) mass is 529 g/mol. The van der Waals surface area contributed by atoms with E-state index in [0.29, 0.717) is 25.1 Å². The molecule has 0 spiro atoms. The molecule has 2 rings (SSSR count). The first-order chi connectivity index (χ1) is 17.5. The number of sulfonamides is 1. The summed E-state index contributed by atoms with van der Waals surface area (Å²) in [6, 6.07) is 14.8. The van der Waals surface area contributed by atoms with Crippen molar-refractivity contribution in [2.75, 3.05) is 17.1 Å². The molecule has 0 aromatic heterocycles. The lowest BCUT2D eigenvalue weighted by Gasteiger charge is -2.32. The van der Waals surface area contributed by atoms with Crippen LogP contribution in [0.4, 0.5) is 5.69 Å². The Morgan fingerprint density at radius 2 is 1.65 bits per heavy atom. The first-order valence-electron chi connectivity index (χ1n) is 13.2. The van der Waals surface area contributed by atoms with E-state index in [4.69, 9.17) is 0 Å². The van der Waals surface area contributed by atoms with E-state index < -0.39 is 16.1 Å². The van der Waals surface area contributed by atoms with Gasteiger partial charge in [-0.05, 0) is 62.8 Å². The second kappa shape index (κ2) is 14.2. The molecule has 1 N–H and O–H groups in total. The summed E-state index contributed by atoms with van der Waals surface area (Å²) in [6.45, 7) is 10.4. The number of nitrogens with zero attached hydrogens (tertiary/aromatic N) is 2. The molecule has 37 heavy (non-hydrogen) atoms. The highest BCUT2D eigenvalue weighted by Gasteiger charge is 2.29. The molecule has 0 unspecified atom stereocenters. The van der Waals surface area contributed by atoms with Gasteiger partial charge in [0.05, 0.1) is 11.9 Å². The molecule has 0 aliphatic carbocycles. The summed E-state index contributed by atoms with van der Waals surface area (Å²) in [4.78, 5) is 28.3. The van der Waals surface area contributed by atoms with Crippen LogP contribution in [0, 0.1) is 6.92 Å². The van der Waals surface area contributed by atoms with Crippen LogP contribution in [-0.4, -0.2) is 50.0 Å². The molecule has 7 nitrogen and oxygen atoms in total. The zero-order valence-corrected chi connectivity index (χ0v) is 24.0. The fourth-order valence-corrected chi connectivity index (χ4v) is 5.24. The fourth-order valence-electron chi connectivity index (χ4n) is 4.27. The maximum absolute atomic E-state index is 13.5. The lowest BCUT2D eigenvalue weighted by Crippen LogP contribution is -2.50. The van der Waals surface area contributed by atoms with E-state index in [1.54, 1.807) is 17.0 Å². The smallest absolute Gasteiger partial charge is 0.243 e. The van der Waals surface area contributed by atoms with Crippen molar-refractivity contribution in [1.29, 1.82) is 0 Å². The molecule has 0 fully saturated rings. The van der Waals surface area contributed by atoms with Gasteiger partial charge in [0, 0.05) is 25.6 Å². The Morgan fingerprint density at radius 3 is 2.19 bits per heavy atom. The molecule has 0 radical (unpaired) electrons. The first kappa shape index (κ1) is 30.4. The summed E-state index contributed by atoms with van der Waals surface area (Å²) >= 11 is 0. The van der Waals surface area contributed by atoms with Gasteiger partial charge in [-0.1, -0.05) is 62.7 Å². The van der Waals surface area contributed by atoms with E-state index in [2.05, 4.69) is 5.32 Å². The number of rotatable bonds is 14. The number of nitrogens with one attached hydrogen (secondary N) is 1. The van der Waals surface area contributed by atoms with Crippen LogP contribution in [-0.2, 0) is 32.6 Å². The minimum absolute atomic E-state index is 0.0138. The number of hydrogen-bond donors (Lipinski definition) is 1. The zero-order chi connectivity index (χ0) is 27.6. The van der Waals surface area contributed by atoms with Crippen LogP contribution in [0.2, 0.25) is 0 Å². The van der Waals surface area contributed by atoms with Gasteiger partial charge in [-0.25, -0.2) is 8.42 Å². The van der Waals surface area contributed by atoms with Gasteiger partial charge >= 0.3 is 0 Å². The Labute approximate surface area is 223 Å². The highest BCUT2D eigenvalue weighted by molar-refractivity contribution is 7.92. The highest BCUT2D eigenvalue weighted by Crippen LogP contribution is 2.21. The van der Waals surface area contributed by atoms with Crippen molar-refractivity contribution in [3.05, 3.63) is 65.2 Å². The fraction of sp³-hybridized carbons (Fsp3) is 0.517. The quantitative estimate of drug-likeness (QED) is 0.380. The van der Waals surface area contributed by atoms with Crippen LogP contribution >= 0.6 is 0 Å². The first-order valence-corrected chi connectivity index (χ1v) is 15.1. The molecule has 8 heteroatoms. The van der Waals surface area contributed by atoms with E-state index in [0.717, 1.165) is 29.5 Å². The number of anilines is 1. The average Bonchev–Trinajstić information content (AvgIpc) is 2.85. The standard InChI is InChI=1S/C29H43N3O4S/c1-7-23(5)30-29(34)27(9-3)31(21-25-13-10-12-22(4)20-25)28(33)14-11-19-32(37(6,35)36)26-17-15-24(8-2)16-18-26/h10,12-13,15-18,20,23,27H,7-9,11,14,19,21H2,1-6H3,(H,30,34)/t23-,27-/m1/s1. The lowest BCUT2D eigenvalue weighted by atomic mass is 10.1. The molecule has 0 saturated heterocycles. The topological polar surface area (TPSA) is 86.8 Å². The van der Waals surface area contributed by atoms with Gasteiger partial charge in [-0.3, -0.25) is 13.9 Å². The predicted octanol–water partition coefficient (Wildman–Crippen LogP) is 4.83. The number of benzene rings is 2. The second-order valence-corrected chi connectivity index (χ2v) is 11.6. The molecule has 0 heterocycles. The van der Waals surface area contributed by atoms with Crippen molar-refractivity contribution < 1.29 is 18.0 Å². The number of carbonyl (C=O) groups is 2. The SMILES string of the molecule is CCc1ccc(N(CCCC(=O)N(Cc2cccc(C)c2)[C@H](CC)C(=O)N[C@H](C)CC)S(C)(=O)=O)cc1. The van der Waals surface area contributed by atoms with Gasteiger partial charge in [-0.15, -0.1) is 0 Å². The predicted molar refractivity (Wildman–Crippen MR) is 151 cm³/mol. The third kappa shape index (κ3) is 9.18. The van der Waals surface area contributed by atoms with Crippen molar-refractivity contribution in [3.63, 3.8) is 0 Å². The summed E-state index contributed by atoms with van der Waals surface area (Å²) in [5.74, 6) is -0.325. The van der Waals surface area contributed by atoms with E-state index in [1.807, 2.05) is 71.0 Å². The highest BCUT2D eigenvalue weighted by atomic mass is 32.2. The van der Waals surface area contributed by atoms with Gasteiger partial charge in [0.25, 0.3) is 0 Å². The summed E-state index contributed by atoms with van der Waals surface area (Å²) < 4.78 is 26.4.